The van der Waals surface area contributed by atoms with Crippen LogP contribution < -0.4 is 4.72 Å². The molecule has 0 bridgehead atoms. The zero-order valence-electron chi connectivity index (χ0n) is 17.9. The standard InChI is InChI=1S/C22H27ClF3NO2S/c1-12(2)15-9-17(13(3)4)21(18(10-15)14(5)6)30(28,29)27-20-11-16(22(24,25)26)7-8-19(20)23/h7-14,27H,1-6H3. The maximum Gasteiger partial charge on any atom is 0.416 e. The molecule has 0 fully saturated rings. The highest BCUT2D eigenvalue weighted by atomic mass is 35.5. The Morgan fingerprint density at radius 3 is 1.77 bits per heavy atom. The van der Waals surface area contributed by atoms with E-state index in [1.807, 2.05) is 53.7 Å². The average Bonchev–Trinajstić information content (AvgIpc) is 2.61. The molecule has 0 aliphatic carbocycles. The molecule has 1 N–H and O–H groups in total. The molecule has 2 rings (SSSR count). The first-order chi connectivity index (χ1) is 13.6. The number of hydrogen-bond acceptors (Lipinski definition) is 2. The van der Waals surface area contributed by atoms with Crippen LogP contribution in [0, 0.1) is 0 Å². The van der Waals surface area contributed by atoms with Crippen molar-refractivity contribution in [2.24, 2.45) is 0 Å². The molecule has 0 saturated carbocycles. The molecule has 0 aliphatic rings. The van der Waals surface area contributed by atoms with Gasteiger partial charge in [0.25, 0.3) is 10.0 Å². The Labute approximate surface area is 181 Å². The van der Waals surface area contributed by atoms with E-state index in [2.05, 4.69) is 4.72 Å². The zero-order valence-corrected chi connectivity index (χ0v) is 19.4. The molecule has 0 saturated heterocycles. The molecule has 0 aromatic heterocycles. The molecule has 30 heavy (non-hydrogen) atoms. The number of alkyl halides is 3. The summed E-state index contributed by atoms with van der Waals surface area (Å²) in [5, 5.41) is -0.109. The second-order valence-electron chi connectivity index (χ2n) is 8.29. The van der Waals surface area contributed by atoms with Crippen molar-refractivity contribution < 1.29 is 21.6 Å². The highest BCUT2D eigenvalue weighted by molar-refractivity contribution is 7.92. The quantitative estimate of drug-likeness (QED) is 0.483. The van der Waals surface area contributed by atoms with Crippen molar-refractivity contribution in [3.63, 3.8) is 0 Å². The Morgan fingerprint density at radius 2 is 1.37 bits per heavy atom. The van der Waals surface area contributed by atoms with Gasteiger partial charge in [0.1, 0.15) is 0 Å². The maximum atomic E-state index is 13.4. The van der Waals surface area contributed by atoms with Crippen molar-refractivity contribution in [3.8, 4) is 0 Å². The van der Waals surface area contributed by atoms with Gasteiger partial charge in [-0.2, -0.15) is 13.2 Å². The van der Waals surface area contributed by atoms with E-state index >= 15 is 0 Å². The number of benzene rings is 2. The lowest BCUT2D eigenvalue weighted by Gasteiger charge is -2.23. The van der Waals surface area contributed by atoms with Crippen molar-refractivity contribution >= 4 is 27.3 Å². The summed E-state index contributed by atoms with van der Waals surface area (Å²) >= 11 is 6.02. The minimum Gasteiger partial charge on any atom is -0.278 e. The summed E-state index contributed by atoms with van der Waals surface area (Å²) in [5.74, 6) is -0.0165. The summed E-state index contributed by atoms with van der Waals surface area (Å²) in [4.78, 5) is 0.102. The Balaban J connectivity index is 2.71. The topological polar surface area (TPSA) is 46.2 Å². The third kappa shape index (κ3) is 5.30. The van der Waals surface area contributed by atoms with Gasteiger partial charge in [-0.3, -0.25) is 4.72 Å². The predicted molar refractivity (Wildman–Crippen MR) is 116 cm³/mol. The molecule has 3 nitrogen and oxygen atoms in total. The lowest BCUT2D eigenvalue weighted by Crippen LogP contribution is -2.20. The van der Waals surface area contributed by atoms with Crippen molar-refractivity contribution in [1.82, 2.24) is 0 Å². The van der Waals surface area contributed by atoms with Gasteiger partial charge in [-0.1, -0.05) is 65.3 Å². The number of halogens is 4. The van der Waals surface area contributed by atoms with Crippen molar-refractivity contribution in [2.45, 2.75) is 70.4 Å². The van der Waals surface area contributed by atoms with Crippen LogP contribution in [0.15, 0.2) is 35.2 Å². The number of sulfonamides is 1. The van der Waals surface area contributed by atoms with Crippen LogP contribution in [0.4, 0.5) is 18.9 Å². The van der Waals surface area contributed by atoms with Gasteiger partial charge in [0.2, 0.25) is 0 Å². The largest absolute Gasteiger partial charge is 0.416 e. The average molecular weight is 462 g/mol. The van der Waals surface area contributed by atoms with Crippen LogP contribution in [0.2, 0.25) is 5.02 Å². The lowest BCUT2D eigenvalue weighted by atomic mass is 9.89. The van der Waals surface area contributed by atoms with E-state index in [-0.39, 0.29) is 33.4 Å². The van der Waals surface area contributed by atoms with Gasteiger partial charge < -0.3 is 0 Å². The van der Waals surface area contributed by atoms with Crippen molar-refractivity contribution in [2.75, 3.05) is 4.72 Å². The Kier molecular flexibility index (Phi) is 7.19. The summed E-state index contributed by atoms with van der Waals surface area (Å²) in [7, 11) is -4.19. The molecule has 0 unspecified atom stereocenters. The minimum absolute atomic E-state index is 0.102. The summed E-state index contributed by atoms with van der Waals surface area (Å²) < 4.78 is 68.4. The fourth-order valence-electron chi connectivity index (χ4n) is 3.18. The monoisotopic (exact) mass is 461 g/mol. The zero-order chi connectivity index (χ0) is 23.0. The van der Waals surface area contributed by atoms with Crippen molar-refractivity contribution in [1.29, 1.82) is 0 Å². The van der Waals surface area contributed by atoms with Crippen molar-refractivity contribution in [3.05, 3.63) is 57.6 Å². The van der Waals surface area contributed by atoms with Gasteiger partial charge >= 0.3 is 6.18 Å². The second kappa shape index (κ2) is 8.79. The number of hydrogen-bond donors (Lipinski definition) is 1. The molecule has 8 heteroatoms. The molecular weight excluding hydrogens is 435 g/mol. The summed E-state index contributed by atoms with van der Waals surface area (Å²) in [6.07, 6.45) is -4.62. The van der Waals surface area contributed by atoms with Gasteiger partial charge in [0.15, 0.2) is 0 Å². The molecule has 0 heterocycles. The van der Waals surface area contributed by atoms with Gasteiger partial charge in [0, 0.05) is 0 Å². The molecule has 2 aromatic carbocycles. The predicted octanol–water partition coefficient (Wildman–Crippen LogP) is 7.53. The van der Waals surface area contributed by atoms with E-state index in [1.54, 1.807) is 0 Å². The van der Waals surface area contributed by atoms with Crippen LogP contribution in [0.25, 0.3) is 0 Å². The second-order valence-corrected chi connectivity index (χ2v) is 10.3. The smallest absolute Gasteiger partial charge is 0.278 e. The van der Waals surface area contributed by atoms with Gasteiger partial charge in [-0.15, -0.1) is 0 Å². The molecule has 0 spiro atoms. The Bertz CT molecular complexity index is 1000. The van der Waals surface area contributed by atoms with E-state index in [0.29, 0.717) is 17.2 Å². The molecule has 166 valence electrons. The lowest BCUT2D eigenvalue weighted by molar-refractivity contribution is -0.137. The van der Waals surface area contributed by atoms with Crippen LogP contribution in [-0.2, 0) is 16.2 Å². The van der Waals surface area contributed by atoms with Crippen LogP contribution in [0.5, 0.6) is 0 Å². The number of anilines is 1. The van der Waals surface area contributed by atoms with Gasteiger partial charge in [-0.25, -0.2) is 8.42 Å². The normalized spacial score (nSPS) is 12.8. The van der Waals surface area contributed by atoms with Gasteiger partial charge in [-0.05, 0) is 52.6 Å². The first kappa shape index (κ1) is 24.5. The first-order valence-electron chi connectivity index (χ1n) is 9.72. The summed E-state index contributed by atoms with van der Waals surface area (Å²) in [6.45, 7) is 11.6. The fraction of sp³-hybridized carbons (Fsp3) is 0.455. The molecule has 0 amide bonds. The van der Waals surface area contributed by atoms with Crippen LogP contribution in [-0.4, -0.2) is 8.42 Å². The molecule has 2 aromatic rings. The van der Waals surface area contributed by atoms with Crippen LogP contribution in [0.1, 0.15) is 81.5 Å². The molecule has 0 radical (unpaired) electrons. The Morgan fingerprint density at radius 1 is 0.867 bits per heavy atom. The molecular formula is C22H27ClF3NO2S. The molecule has 0 atom stereocenters. The highest BCUT2D eigenvalue weighted by Gasteiger charge is 2.32. The number of nitrogens with one attached hydrogen (secondary N) is 1. The molecule has 0 aliphatic heterocycles. The minimum atomic E-state index is -4.62. The third-order valence-electron chi connectivity index (χ3n) is 4.89. The van der Waals surface area contributed by atoms with E-state index in [4.69, 9.17) is 11.6 Å². The summed E-state index contributed by atoms with van der Waals surface area (Å²) in [5.41, 5.74) is 0.983. The van der Waals surface area contributed by atoms with E-state index in [0.717, 1.165) is 17.7 Å². The summed E-state index contributed by atoms with van der Waals surface area (Å²) in [6, 6.07) is 6.30. The van der Waals surface area contributed by atoms with E-state index in [9.17, 15) is 21.6 Å². The number of rotatable bonds is 6. The van der Waals surface area contributed by atoms with E-state index in [1.165, 1.54) is 0 Å². The Hall–Kier alpha value is -1.73. The van der Waals surface area contributed by atoms with E-state index < -0.39 is 21.8 Å². The van der Waals surface area contributed by atoms with Crippen LogP contribution >= 0.6 is 11.6 Å². The highest BCUT2D eigenvalue weighted by Crippen LogP contribution is 2.38. The third-order valence-corrected chi connectivity index (χ3v) is 6.71. The first-order valence-corrected chi connectivity index (χ1v) is 11.6. The van der Waals surface area contributed by atoms with Gasteiger partial charge in [0.05, 0.1) is 21.2 Å². The fourth-order valence-corrected chi connectivity index (χ4v) is 5.17. The van der Waals surface area contributed by atoms with Crippen LogP contribution in [0.3, 0.4) is 0 Å². The SMILES string of the molecule is CC(C)c1cc(C(C)C)c(S(=O)(=O)Nc2cc(C(F)(F)F)ccc2Cl)c(C(C)C)c1. The maximum absolute atomic E-state index is 13.4.